The van der Waals surface area contributed by atoms with Crippen LogP contribution in [0.1, 0.15) is 6.92 Å². The Morgan fingerprint density at radius 3 is 2.95 bits per heavy atom. The van der Waals surface area contributed by atoms with Crippen molar-refractivity contribution in [3.8, 4) is 17.1 Å². The molecular weight excluding hydrogens is 267 g/mol. The van der Waals surface area contributed by atoms with Crippen LogP contribution in [-0.4, -0.2) is 38.4 Å². The molecule has 1 heterocycles. The smallest absolute Gasteiger partial charge is 0.308 e. The van der Waals surface area contributed by atoms with Crippen LogP contribution in [0.25, 0.3) is 11.4 Å². The van der Waals surface area contributed by atoms with E-state index in [9.17, 15) is 9.18 Å². The van der Waals surface area contributed by atoms with Crippen LogP contribution in [0, 0.1) is 11.7 Å². The molecule has 106 valence electrons. The number of tetrazole rings is 1. The lowest BCUT2D eigenvalue weighted by Crippen LogP contribution is -2.18. The van der Waals surface area contributed by atoms with Crippen molar-refractivity contribution in [1.82, 2.24) is 20.2 Å². The van der Waals surface area contributed by atoms with Gasteiger partial charge in [0.25, 0.3) is 0 Å². The summed E-state index contributed by atoms with van der Waals surface area (Å²) in [7, 11) is 1.41. The molecular formula is C12H13FN4O3. The van der Waals surface area contributed by atoms with E-state index in [1.165, 1.54) is 30.8 Å². The van der Waals surface area contributed by atoms with Gasteiger partial charge < -0.3 is 9.84 Å². The lowest BCUT2D eigenvalue weighted by Gasteiger charge is -2.11. The van der Waals surface area contributed by atoms with Gasteiger partial charge in [-0.3, -0.25) is 4.79 Å². The summed E-state index contributed by atoms with van der Waals surface area (Å²) in [5.41, 5.74) is 0.109. The number of hydrogen-bond donors (Lipinski definition) is 1. The predicted octanol–water partition coefficient (Wildman–Crippen LogP) is 1.21. The zero-order valence-corrected chi connectivity index (χ0v) is 10.9. The molecule has 1 aromatic heterocycles. The van der Waals surface area contributed by atoms with E-state index in [2.05, 4.69) is 15.5 Å². The number of hydrogen-bond acceptors (Lipinski definition) is 5. The van der Waals surface area contributed by atoms with Crippen LogP contribution in [0.3, 0.4) is 0 Å². The molecule has 0 aliphatic rings. The van der Waals surface area contributed by atoms with Gasteiger partial charge in [-0.1, -0.05) is 13.0 Å². The van der Waals surface area contributed by atoms with Gasteiger partial charge in [-0.05, 0) is 22.6 Å². The Morgan fingerprint density at radius 2 is 2.30 bits per heavy atom. The Bertz CT molecular complexity index is 629. The summed E-state index contributed by atoms with van der Waals surface area (Å²) in [6, 6.07) is 4.35. The number of halogens is 1. The maximum atomic E-state index is 14.0. The summed E-state index contributed by atoms with van der Waals surface area (Å²) in [5.74, 6) is -1.80. The van der Waals surface area contributed by atoms with Crippen LogP contribution in [0.5, 0.6) is 5.75 Å². The second kappa shape index (κ2) is 5.64. The van der Waals surface area contributed by atoms with Gasteiger partial charge >= 0.3 is 5.97 Å². The second-order valence-electron chi connectivity index (χ2n) is 4.24. The number of aromatic nitrogens is 4. The molecule has 0 bridgehead atoms. The lowest BCUT2D eigenvalue weighted by atomic mass is 10.1. The summed E-state index contributed by atoms with van der Waals surface area (Å²) < 4.78 is 20.3. The highest BCUT2D eigenvalue weighted by molar-refractivity contribution is 5.69. The molecule has 2 rings (SSSR count). The van der Waals surface area contributed by atoms with E-state index < -0.39 is 17.7 Å². The van der Waals surface area contributed by atoms with E-state index in [0.717, 1.165) is 0 Å². The van der Waals surface area contributed by atoms with Crippen molar-refractivity contribution in [2.75, 3.05) is 7.11 Å². The van der Waals surface area contributed by atoms with Crippen molar-refractivity contribution in [2.24, 2.45) is 5.92 Å². The van der Waals surface area contributed by atoms with Crippen molar-refractivity contribution in [2.45, 2.75) is 13.5 Å². The highest BCUT2D eigenvalue weighted by Gasteiger charge is 2.21. The van der Waals surface area contributed by atoms with Crippen molar-refractivity contribution in [3.63, 3.8) is 0 Å². The van der Waals surface area contributed by atoms with Gasteiger partial charge in [0.2, 0.25) is 0 Å². The number of benzene rings is 1. The van der Waals surface area contributed by atoms with Crippen LogP contribution in [-0.2, 0) is 11.3 Å². The van der Waals surface area contributed by atoms with Gasteiger partial charge in [0.05, 0.1) is 25.1 Å². The number of carboxylic acid groups (broad SMARTS) is 1. The molecule has 20 heavy (non-hydrogen) atoms. The van der Waals surface area contributed by atoms with E-state index in [0.29, 0.717) is 0 Å². The summed E-state index contributed by atoms with van der Waals surface area (Å²) in [5, 5.41) is 19.9. The maximum absolute atomic E-state index is 14.0. The molecule has 7 nitrogen and oxygen atoms in total. The van der Waals surface area contributed by atoms with Gasteiger partial charge in [-0.2, -0.15) is 0 Å². The molecule has 1 atom stereocenters. The molecule has 0 saturated carbocycles. The Hall–Kier alpha value is -2.51. The molecule has 1 unspecified atom stereocenters. The topological polar surface area (TPSA) is 90.1 Å². The Labute approximate surface area is 114 Å². The minimum absolute atomic E-state index is 0.0369. The molecule has 1 aromatic carbocycles. The van der Waals surface area contributed by atoms with E-state index in [-0.39, 0.29) is 23.7 Å². The first-order chi connectivity index (χ1) is 9.54. The SMILES string of the molecule is COc1cccc(F)c1-c1nnnn1CC(C)C(=O)O. The first-order valence-corrected chi connectivity index (χ1v) is 5.86. The van der Waals surface area contributed by atoms with Gasteiger partial charge in [0.15, 0.2) is 5.82 Å². The summed E-state index contributed by atoms with van der Waals surface area (Å²) in [6.45, 7) is 1.56. The summed E-state index contributed by atoms with van der Waals surface area (Å²) in [4.78, 5) is 10.9. The molecule has 1 N–H and O–H groups in total. The van der Waals surface area contributed by atoms with Crippen molar-refractivity contribution < 1.29 is 19.0 Å². The predicted molar refractivity (Wildman–Crippen MR) is 66.6 cm³/mol. The van der Waals surface area contributed by atoms with Crippen LogP contribution >= 0.6 is 0 Å². The third-order valence-electron chi connectivity index (χ3n) is 2.82. The highest BCUT2D eigenvalue weighted by atomic mass is 19.1. The molecule has 0 aliphatic carbocycles. The number of carbonyl (C=O) groups is 1. The van der Waals surface area contributed by atoms with Crippen LogP contribution in [0.2, 0.25) is 0 Å². The molecule has 0 fully saturated rings. The Kier molecular flexibility index (Phi) is 3.92. The van der Waals surface area contributed by atoms with Crippen molar-refractivity contribution in [1.29, 1.82) is 0 Å². The fourth-order valence-electron chi connectivity index (χ4n) is 1.74. The number of carboxylic acids is 1. The first-order valence-electron chi connectivity index (χ1n) is 5.86. The van der Waals surface area contributed by atoms with Crippen LogP contribution in [0.15, 0.2) is 18.2 Å². The summed E-state index contributed by atoms with van der Waals surface area (Å²) >= 11 is 0. The number of rotatable bonds is 5. The van der Waals surface area contributed by atoms with E-state index in [4.69, 9.17) is 9.84 Å². The first kappa shape index (κ1) is 13.9. The van der Waals surface area contributed by atoms with Gasteiger partial charge in [0.1, 0.15) is 11.6 Å². The molecule has 0 radical (unpaired) electrons. The number of nitrogens with zero attached hydrogens (tertiary/aromatic N) is 4. The molecule has 0 spiro atoms. The standard InChI is InChI=1S/C12H13FN4O3/c1-7(12(18)19)6-17-11(14-15-16-17)10-8(13)4-3-5-9(10)20-2/h3-5,7H,6H2,1-2H3,(H,18,19). The van der Waals surface area contributed by atoms with E-state index in [1.54, 1.807) is 6.07 Å². The number of ether oxygens (including phenoxy) is 1. The van der Waals surface area contributed by atoms with E-state index in [1.807, 2.05) is 0 Å². The molecule has 2 aromatic rings. The largest absolute Gasteiger partial charge is 0.496 e. The zero-order valence-electron chi connectivity index (χ0n) is 10.9. The Morgan fingerprint density at radius 1 is 1.55 bits per heavy atom. The highest BCUT2D eigenvalue weighted by Crippen LogP contribution is 2.30. The molecule has 8 heteroatoms. The molecule has 0 saturated heterocycles. The average molecular weight is 280 g/mol. The zero-order chi connectivity index (χ0) is 14.7. The monoisotopic (exact) mass is 280 g/mol. The van der Waals surface area contributed by atoms with Crippen LogP contribution < -0.4 is 4.74 Å². The van der Waals surface area contributed by atoms with Gasteiger partial charge in [0, 0.05) is 0 Å². The van der Waals surface area contributed by atoms with Gasteiger partial charge in [-0.25, -0.2) is 9.07 Å². The minimum atomic E-state index is -0.980. The normalized spacial score (nSPS) is 12.2. The minimum Gasteiger partial charge on any atom is -0.496 e. The number of aliphatic carboxylic acids is 1. The molecule has 0 amide bonds. The lowest BCUT2D eigenvalue weighted by molar-refractivity contribution is -0.141. The Balaban J connectivity index is 2.45. The van der Waals surface area contributed by atoms with E-state index >= 15 is 0 Å². The third kappa shape index (κ3) is 2.58. The number of methoxy groups -OCH3 is 1. The van der Waals surface area contributed by atoms with Crippen molar-refractivity contribution >= 4 is 5.97 Å². The second-order valence-corrected chi connectivity index (χ2v) is 4.24. The molecule has 0 aliphatic heterocycles. The fraction of sp³-hybridized carbons (Fsp3) is 0.333. The third-order valence-corrected chi connectivity index (χ3v) is 2.82. The quantitative estimate of drug-likeness (QED) is 0.885. The van der Waals surface area contributed by atoms with Crippen LogP contribution in [0.4, 0.5) is 4.39 Å². The van der Waals surface area contributed by atoms with Crippen molar-refractivity contribution in [3.05, 3.63) is 24.0 Å². The maximum Gasteiger partial charge on any atom is 0.308 e. The average Bonchev–Trinajstić information content (AvgIpc) is 2.86. The van der Waals surface area contributed by atoms with Gasteiger partial charge in [-0.15, -0.1) is 5.10 Å². The summed E-state index contributed by atoms with van der Waals surface area (Å²) in [6.07, 6.45) is 0. The fourth-order valence-corrected chi connectivity index (χ4v) is 1.74.